The molecule has 3 saturated heterocycles. The van der Waals surface area contributed by atoms with Crippen LogP contribution in [0.4, 0.5) is 39.1 Å². The van der Waals surface area contributed by atoms with E-state index in [0.717, 1.165) is 112 Å². The topological polar surface area (TPSA) is 336 Å². The second kappa shape index (κ2) is 39.9. The van der Waals surface area contributed by atoms with Gasteiger partial charge in [-0.05, 0) is 167 Å². The summed E-state index contributed by atoms with van der Waals surface area (Å²) in [7, 11) is 1.59. The van der Waals surface area contributed by atoms with Crippen molar-refractivity contribution in [3.05, 3.63) is 212 Å². The molecule has 3 aliphatic heterocycles. The van der Waals surface area contributed by atoms with E-state index in [1.54, 1.807) is 49.6 Å². The van der Waals surface area contributed by atoms with E-state index in [4.69, 9.17) is 26.2 Å². The minimum atomic E-state index is -1.04. The van der Waals surface area contributed by atoms with Crippen molar-refractivity contribution in [2.24, 2.45) is 5.73 Å². The van der Waals surface area contributed by atoms with Crippen LogP contribution in [0.5, 0.6) is 5.88 Å². The number of piperazine rings is 3. The average molecular weight is 1720 g/mol. The van der Waals surface area contributed by atoms with E-state index in [1.807, 2.05) is 42.5 Å². The van der Waals surface area contributed by atoms with Gasteiger partial charge in [0.25, 0.3) is 22.6 Å². The number of nitrogens with zero attached hydrogens (tertiary/aromatic N) is 12. The molecule has 109 heavy (non-hydrogen) atoms. The van der Waals surface area contributed by atoms with Gasteiger partial charge in [0.1, 0.15) is 71.2 Å². The maximum atomic E-state index is 13.6. The highest BCUT2D eigenvalue weighted by Gasteiger charge is 2.24. The second-order valence-electron chi connectivity index (χ2n) is 25.7. The Hall–Kier alpha value is -9.29. The third kappa shape index (κ3) is 22.9. The van der Waals surface area contributed by atoms with Crippen molar-refractivity contribution in [1.82, 2.24) is 69.9 Å². The van der Waals surface area contributed by atoms with Crippen molar-refractivity contribution in [2.75, 3.05) is 101 Å². The standard InChI is InChI=1S/C28H39N7O2.C14H9BrFN3O2.C13H6BrF2N3O.C7H6F2N2O.C7H16N2.C6H6BrNO.ClH/c1-19(2)32-8-12-34(13-9-32)22-16-21(18-36)26-24(17-22)30-27(31-28(26)37)23-6-5-7-25(29-23)35-14-10-33(11-15-35)20(3)4;15-11-3-1-2-9(17-11)13-18-10-5-8(16)4-7(6-20)12(10)14(21)19-13;14-10-3-1-2-8(17-10)12-18-9-5-6(15)4-7(16)11(9)13(20)19-12;8-3-1-4(9)6(7(11)12)5(10)2-3;1-7(2)9-5-3-8-4-6-9;1-9-6-4-2-3-5(7)8-6;/h5-7,16-17,19-20,36H,8-15,18H2,1-4H3,(H,30,31,37);1-5,20H,6H2,(H,18,19,21);1-5H,(H,18,19,20);1-2H,10H2,(H2,11,12);7-8H,3-6H2,1-2H3;2-4H,1H3;1H. The molecule has 1 amide bonds. The number of methoxy groups -OCH3 is 1. The Bertz CT molecular complexity index is 5120. The lowest BCUT2D eigenvalue weighted by atomic mass is 10.1. The summed E-state index contributed by atoms with van der Waals surface area (Å²) in [6.45, 7) is 25.2. The first-order valence-electron chi connectivity index (χ1n) is 34.4. The fraction of sp³-hybridized carbons (Fsp3) is 0.320. The third-order valence-corrected chi connectivity index (χ3v) is 18.9. The Morgan fingerprint density at radius 3 is 1.34 bits per heavy atom. The first-order chi connectivity index (χ1) is 51.6. The van der Waals surface area contributed by atoms with E-state index in [1.165, 1.54) is 13.1 Å². The Morgan fingerprint density at radius 2 is 0.899 bits per heavy atom. The summed E-state index contributed by atoms with van der Waals surface area (Å²) in [5.74, 6) is -2.81. The van der Waals surface area contributed by atoms with Gasteiger partial charge >= 0.3 is 0 Å². The molecule has 4 aromatic carbocycles. The quantitative estimate of drug-likeness (QED) is 0.0320. The van der Waals surface area contributed by atoms with Gasteiger partial charge in [0.2, 0.25) is 5.88 Å². The number of ether oxygens (including phenoxy) is 1. The molecule has 0 radical (unpaired) electrons. The van der Waals surface area contributed by atoms with Gasteiger partial charge in [0, 0.05) is 133 Å². The number of nitrogen functional groups attached to an aromatic ring is 1. The van der Waals surface area contributed by atoms with Gasteiger partial charge in [0.15, 0.2) is 17.5 Å². The highest BCUT2D eigenvalue weighted by molar-refractivity contribution is 9.11. The largest absolute Gasteiger partial charge is 0.481 e. The number of anilines is 3. The Morgan fingerprint density at radius 1 is 0.495 bits per heavy atom. The number of aromatic nitrogens is 10. The number of primary amides is 1. The van der Waals surface area contributed by atoms with Gasteiger partial charge in [-0.15, -0.1) is 12.4 Å². The maximum Gasteiger partial charge on any atom is 0.262 e. The zero-order chi connectivity index (χ0) is 78.0. The molecule has 578 valence electrons. The molecule has 0 saturated carbocycles. The number of halogens is 9. The van der Waals surface area contributed by atoms with Crippen LogP contribution >= 0.6 is 60.2 Å². The predicted octanol–water partition coefficient (Wildman–Crippen LogP) is 11.2. The number of aliphatic hydroxyl groups excluding tert-OH is 2. The van der Waals surface area contributed by atoms with Crippen molar-refractivity contribution < 1.29 is 41.7 Å². The molecule has 14 rings (SSSR count). The van der Waals surface area contributed by atoms with Crippen molar-refractivity contribution >= 4 is 116 Å². The number of nitrogens with one attached hydrogen (secondary N) is 4. The molecule has 7 aromatic heterocycles. The van der Waals surface area contributed by atoms with Crippen LogP contribution in [-0.2, 0) is 13.2 Å². The summed E-state index contributed by atoms with van der Waals surface area (Å²) in [5.41, 5.74) is 11.8. The summed E-state index contributed by atoms with van der Waals surface area (Å²) in [6, 6.07) is 32.7. The minimum Gasteiger partial charge on any atom is -0.481 e. The molecule has 11 aromatic rings. The number of amides is 1. The summed E-state index contributed by atoms with van der Waals surface area (Å²) < 4.78 is 72.3. The normalized spacial score (nSPS) is 13.9. The molecular weight excluding hydrogens is 1640 g/mol. The number of fused-ring (bicyclic) bond motifs is 3. The molecule has 0 atom stereocenters. The van der Waals surface area contributed by atoms with Crippen LogP contribution in [-0.4, -0.2) is 184 Å². The van der Waals surface area contributed by atoms with Gasteiger partial charge in [-0.3, -0.25) is 33.9 Å². The van der Waals surface area contributed by atoms with Gasteiger partial charge in [-0.1, -0.05) is 24.3 Å². The second-order valence-corrected chi connectivity index (χ2v) is 28.1. The summed E-state index contributed by atoms with van der Waals surface area (Å²) in [5, 5.41) is 23.0. The van der Waals surface area contributed by atoms with Crippen molar-refractivity contribution in [1.29, 1.82) is 0 Å². The maximum absolute atomic E-state index is 13.6. The Balaban J connectivity index is 0.000000178. The third-order valence-electron chi connectivity index (χ3n) is 17.6. The zero-order valence-corrected chi connectivity index (χ0v) is 66.1. The van der Waals surface area contributed by atoms with Crippen LogP contribution in [0.25, 0.3) is 67.3 Å². The predicted molar refractivity (Wildman–Crippen MR) is 426 cm³/mol. The number of aromatic amines is 3. The van der Waals surface area contributed by atoms with Crippen molar-refractivity contribution in [3.8, 4) is 40.4 Å². The van der Waals surface area contributed by atoms with E-state index in [0.29, 0.717) is 78.7 Å². The van der Waals surface area contributed by atoms with E-state index >= 15 is 0 Å². The van der Waals surface area contributed by atoms with Gasteiger partial charge < -0.3 is 56.5 Å². The first-order valence-corrected chi connectivity index (χ1v) is 36.8. The van der Waals surface area contributed by atoms with Crippen LogP contribution in [0.15, 0.2) is 150 Å². The van der Waals surface area contributed by atoms with Crippen LogP contribution in [0.1, 0.15) is 63.0 Å². The van der Waals surface area contributed by atoms with Crippen LogP contribution in [0.2, 0.25) is 0 Å². The summed E-state index contributed by atoms with van der Waals surface area (Å²) in [4.78, 5) is 98.1. The first kappa shape index (κ1) is 85.3. The molecule has 3 aliphatic rings. The highest BCUT2D eigenvalue weighted by Crippen LogP contribution is 2.29. The number of pyridine rings is 4. The number of nitrogens with two attached hydrogens (primary N) is 2. The number of aliphatic hydroxyl groups is 2. The molecule has 34 heteroatoms. The van der Waals surface area contributed by atoms with E-state index in [9.17, 15) is 51.3 Å². The molecule has 0 bridgehead atoms. The number of rotatable bonds is 12. The summed E-state index contributed by atoms with van der Waals surface area (Å²) in [6.07, 6.45) is 0. The van der Waals surface area contributed by atoms with Crippen LogP contribution in [0.3, 0.4) is 0 Å². The molecule has 0 unspecified atom stereocenters. The van der Waals surface area contributed by atoms with Crippen molar-refractivity contribution in [3.63, 3.8) is 0 Å². The lowest BCUT2D eigenvalue weighted by molar-refractivity contribution is 0.0997. The van der Waals surface area contributed by atoms with Gasteiger partial charge in [0.05, 0.1) is 58.9 Å². The average Bonchev–Trinajstić information content (AvgIpc) is 0.781. The zero-order valence-electron chi connectivity index (χ0n) is 60.6. The van der Waals surface area contributed by atoms with Crippen molar-refractivity contribution in [2.45, 2.75) is 72.9 Å². The highest BCUT2D eigenvalue weighted by atomic mass is 79.9. The van der Waals surface area contributed by atoms with E-state index in [2.05, 4.69) is 159 Å². The van der Waals surface area contributed by atoms with E-state index < -0.39 is 58.3 Å². The molecule has 25 nitrogen and oxygen atoms in total. The van der Waals surface area contributed by atoms with Crippen LogP contribution < -0.4 is 48.0 Å². The number of hydrogen-bond acceptors (Lipinski definition) is 21. The lowest BCUT2D eigenvalue weighted by Crippen LogP contribution is -2.49. The van der Waals surface area contributed by atoms with E-state index in [-0.39, 0.29) is 69.3 Å². The Kier molecular flexibility index (Phi) is 31.2. The summed E-state index contributed by atoms with van der Waals surface area (Å²) >= 11 is 9.65. The van der Waals surface area contributed by atoms with Crippen LogP contribution in [0, 0.1) is 29.1 Å². The minimum absolute atomic E-state index is 0. The van der Waals surface area contributed by atoms with Gasteiger partial charge in [-0.2, -0.15) is 0 Å². The molecular formula is C75H83Br3ClF5N18O7. The molecule has 0 aliphatic carbocycles. The number of carbonyl (C=O) groups is 1. The number of carbonyl (C=O) groups excluding carboxylic acids is 1. The fourth-order valence-electron chi connectivity index (χ4n) is 12.0. The smallest absolute Gasteiger partial charge is 0.262 e. The molecule has 3 fully saturated rings. The SMILES string of the molecule is CC(C)N1CCN(c2cc(CO)c3c(=O)[nH]c(-c4cccc(N5CCN(C(C)C)CC5)n4)nc3c2)CC1.CC(C)N1CCNCC1.COc1cccc(Br)n1.Cl.NC(=O)c1c(N)cc(F)cc1F.O=c1[nH]c(-c2cccc(Br)n2)nc2cc(F)cc(CO)c12.O=c1[nH]c(-c2cccc(Br)n2)nc2cc(F)cc(F)c12. The number of H-pyrrole nitrogens is 3. The Labute approximate surface area is 655 Å². The molecule has 10 N–H and O–H groups in total. The molecule has 0 spiro atoms. The number of hydrogen-bond donors (Lipinski definition) is 8. The fourth-order valence-corrected chi connectivity index (χ4v) is 13.0. The lowest BCUT2D eigenvalue weighted by Gasteiger charge is -2.38. The molecule has 10 heterocycles. The number of benzene rings is 4. The van der Waals surface area contributed by atoms with Gasteiger partial charge in [-0.25, -0.2) is 56.8 Å². The monoisotopic (exact) mass is 1710 g/mol.